The maximum Gasteiger partial charge on any atom is 0.534 e. The van der Waals surface area contributed by atoms with Gasteiger partial charge in [0.25, 0.3) is 0 Å². The fourth-order valence-electron chi connectivity index (χ4n) is 3.15. The average molecular weight is 441 g/mol. The molecular formula is C19H18F3N3O4S. The van der Waals surface area contributed by atoms with Gasteiger partial charge in [0.2, 0.25) is 11.7 Å². The lowest BCUT2D eigenvalue weighted by atomic mass is 9.94. The standard InChI is InChI=1S/C19H18F3N3O4S/c1-9-6-7-13(16-15(9)11(3)10(2)12(4)24-16)17(26)14-8-23-25(5)18(14)29-30(27,28)19(20,21)22/h6-8H,1-5H3. The van der Waals surface area contributed by atoms with Crippen LogP contribution in [0.3, 0.4) is 0 Å². The van der Waals surface area contributed by atoms with E-state index in [2.05, 4.69) is 14.3 Å². The normalized spacial score (nSPS) is 12.4. The second-order valence-electron chi connectivity index (χ2n) is 6.90. The Morgan fingerprint density at radius 3 is 2.30 bits per heavy atom. The van der Waals surface area contributed by atoms with Gasteiger partial charge in [0.05, 0.1) is 11.7 Å². The second-order valence-corrected chi connectivity index (χ2v) is 8.44. The van der Waals surface area contributed by atoms with Gasteiger partial charge in [-0.15, -0.1) is 0 Å². The monoisotopic (exact) mass is 441 g/mol. The molecule has 0 saturated carbocycles. The smallest absolute Gasteiger partial charge is 0.355 e. The van der Waals surface area contributed by atoms with Crippen LogP contribution in [0.5, 0.6) is 5.88 Å². The lowest BCUT2D eigenvalue weighted by Gasteiger charge is -2.14. The van der Waals surface area contributed by atoms with Crippen LogP contribution in [0, 0.1) is 27.7 Å². The van der Waals surface area contributed by atoms with Crippen LogP contribution in [-0.2, 0) is 17.2 Å². The highest BCUT2D eigenvalue weighted by Crippen LogP contribution is 2.32. The fraction of sp³-hybridized carbons (Fsp3) is 0.316. The molecule has 3 aromatic rings. The second kappa shape index (κ2) is 7.08. The molecular weight excluding hydrogens is 423 g/mol. The third kappa shape index (κ3) is 3.42. The number of carbonyl (C=O) groups excluding carboxylic acids is 1. The summed E-state index contributed by atoms with van der Waals surface area (Å²) in [7, 11) is -4.81. The summed E-state index contributed by atoms with van der Waals surface area (Å²) in [4.78, 5) is 17.7. The largest absolute Gasteiger partial charge is 0.534 e. The number of pyridine rings is 1. The van der Waals surface area contributed by atoms with E-state index in [9.17, 15) is 26.4 Å². The number of ketones is 1. The van der Waals surface area contributed by atoms with Crippen molar-refractivity contribution >= 4 is 26.8 Å². The van der Waals surface area contributed by atoms with Gasteiger partial charge in [-0.3, -0.25) is 9.78 Å². The van der Waals surface area contributed by atoms with Gasteiger partial charge in [0.15, 0.2) is 0 Å². The molecule has 0 spiro atoms. The van der Waals surface area contributed by atoms with Crippen molar-refractivity contribution in [3.63, 3.8) is 0 Å². The molecule has 0 atom stereocenters. The molecule has 0 saturated heterocycles. The first-order valence-corrected chi connectivity index (χ1v) is 10.1. The molecule has 3 rings (SSSR count). The predicted molar refractivity (Wildman–Crippen MR) is 103 cm³/mol. The Morgan fingerprint density at radius 2 is 1.70 bits per heavy atom. The Kier molecular flexibility index (Phi) is 5.13. The molecule has 30 heavy (non-hydrogen) atoms. The number of aromatic nitrogens is 3. The summed E-state index contributed by atoms with van der Waals surface area (Å²) in [5.74, 6) is -1.58. The number of alkyl halides is 3. The average Bonchev–Trinajstić information content (AvgIpc) is 2.98. The zero-order valence-electron chi connectivity index (χ0n) is 16.7. The van der Waals surface area contributed by atoms with Gasteiger partial charge in [-0.1, -0.05) is 6.07 Å². The molecule has 0 fully saturated rings. The van der Waals surface area contributed by atoms with E-state index >= 15 is 0 Å². The summed E-state index contributed by atoms with van der Waals surface area (Å²) in [6.07, 6.45) is 0.961. The van der Waals surface area contributed by atoms with E-state index in [1.807, 2.05) is 20.8 Å². The van der Waals surface area contributed by atoms with E-state index in [0.29, 0.717) is 11.2 Å². The van der Waals surface area contributed by atoms with Crippen molar-refractivity contribution in [1.29, 1.82) is 0 Å². The third-order valence-corrected chi connectivity index (χ3v) is 5.94. The van der Waals surface area contributed by atoms with E-state index in [4.69, 9.17) is 0 Å². The maximum absolute atomic E-state index is 13.2. The Balaban J connectivity index is 2.21. The molecule has 0 aliphatic heterocycles. The highest BCUT2D eigenvalue weighted by atomic mass is 32.2. The number of rotatable bonds is 4. The third-order valence-electron chi connectivity index (χ3n) is 4.99. The predicted octanol–water partition coefficient (Wildman–Crippen LogP) is 3.66. The van der Waals surface area contributed by atoms with Crippen molar-refractivity contribution in [2.75, 3.05) is 0 Å². The first-order valence-electron chi connectivity index (χ1n) is 8.70. The van der Waals surface area contributed by atoms with Gasteiger partial charge in [0, 0.05) is 23.7 Å². The molecule has 2 aromatic heterocycles. The van der Waals surface area contributed by atoms with Gasteiger partial charge in [-0.05, 0) is 50.5 Å². The molecule has 7 nitrogen and oxygen atoms in total. The van der Waals surface area contributed by atoms with Gasteiger partial charge in [0.1, 0.15) is 5.56 Å². The van der Waals surface area contributed by atoms with Crippen LogP contribution in [-0.4, -0.2) is 34.5 Å². The highest BCUT2D eigenvalue weighted by molar-refractivity contribution is 7.88. The molecule has 0 bridgehead atoms. The van der Waals surface area contributed by atoms with Crippen LogP contribution in [0.25, 0.3) is 10.9 Å². The van der Waals surface area contributed by atoms with Crippen molar-refractivity contribution in [2.24, 2.45) is 7.05 Å². The van der Waals surface area contributed by atoms with Crippen LogP contribution in [0.4, 0.5) is 13.2 Å². The summed E-state index contributed by atoms with van der Waals surface area (Å²) >= 11 is 0. The minimum Gasteiger partial charge on any atom is -0.355 e. The first kappa shape index (κ1) is 21.8. The number of halogens is 3. The summed E-state index contributed by atoms with van der Waals surface area (Å²) < 4.78 is 66.1. The van der Waals surface area contributed by atoms with E-state index < -0.39 is 32.9 Å². The molecule has 0 aliphatic carbocycles. The van der Waals surface area contributed by atoms with Gasteiger partial charge in [-0.2, -0.15) is 26.7 Å². The van der Waals surface area contributed by atoms with Crippen molar-refractivity contribution in [3.8, 4) is 5.88 Å². The Hall–Kier alpha value is -2.95. The van der Waals surface area contributed by atoms with Crippen molar-refractivity contribution in [2.45, 2.75) is 33.2 Å². The van der Waals surface area contributed by atoms with E-state index in [0.717, 1.165) is 33.0 Å². The number of nitrogens with zero attached hydrogens (tertiary/aromatic N) is 3. The molecule has 2 heterocycles. The van der Waals surface area contributed by atoms with Crippen molar-refractivity contribution < 1.29 is 30.6 Å². The van der Waals surface area contributed by atoms with E-state index in [1.54, 1.807) is 13.0 Å². The molecule has 1 aromatic carbocycles. The summed E-state index contributed by atoms with van der Waals surface area (Å²) in [5, 5.41) is 4.44. The topological polar surface area (TPSA) is 91.2 Å². The first-order chi connectivity index (χ1) is 13.8. The summed E-state index contributed by atoms with van der Waals surface area (Å²) in [5.41, 5.74) is -2.16. The molecule has 11 heteroatoms. The molecule has 0 N–H and O–H groups in total. The summed E-state index contributed by atoms with van der Waals surface area (Å²) in [6.45, 7) is 7.43. The minimum absolute atomic E-state index is 0.101. The van der Waals surface area contributed by atoms with E-state index in [-0.39, 0.29) is 5.56 Å². The van der Waals surface area contributed by atoms with Crippen LogP contribution < -0.4 is 4.18 Å². The number of fused-ring (bicyclic) bond motifs is 1. The molecule has 0 radical (unpaired) electrons. The minimum atomic E-state index is -5.98. The van der Waals surface area contributed by atoms with Gasteiger partial charge >= 0.3 is 15.6 Å². The molecule has 0 amide bonds. The van der Waals surface area contributed by atoms with Gasteiger partial charge in [-0.25, -0.2) is 4.68 Å². The number of hydrogen-bond donors (Lipinski definition) is 0. The quantitative estimate of drug-likeness (QED) is 0.349. The van der Waals surface area contributed by atoms with Crippen LogP contribution in [0.15, 0.2) is 18.3 Å². The number of benzene rings is 1. The maximum atomic E-state index is 13.2. The lowest BCUT2D eigenvalue weighted by molar-refractivity contribution is -0.0502. The Labute approximate surface area is 170 Å². The molecule has 0 unspecified atom stereocenters. The van der Waals surface area contributed by atoms with Crippen molar-refractivity contribution in [3.05, 3.63) is 51.8 Å². The zero-order chi connectivity index (χ0) is 22.6. The number of aryl methyl sites for hydroxylation is 4. The number of carbonyl (C=O) groups is 1. The van der Waals surface area contributed by atoms with Gasteiger partial charge < -0.3 is 4.18 Å². The molecule has 0 aliphatic rings. The Bertz CT molecular complexity index is 1290. The van der Waals surface area contributed by atoms with E-state index in [1.165, 1.54) is 13.1 Å². The highest BCUT2D eigenvalue weighted by Gasteiger charge is 2.49. The van der Waals surface area contributed by atoms with Crippen molar-refractivity contribution in [1.82, 2.24) is 14.8 Å². The van der Waals surface area contributed by atoms with Crippen LogP contribution >= 0.6 is 0 Å². The summed E-state index contributed by atoms with van der Waals surface area (Å²) in [6, 6.07) is 3.19. The van der Waals surface area contributed by atoms with Crippen LogP contribution in [0.1, 0.15) is 38.3 Å². The molecule has 160 valence electrons. The SMILES string of the molecule is Cc1nc2c(C(=O)c3cnn(C)c3OS(=O)(=O)C(F)(F)F)ccc(C)c2c(C)c1C. The van der Waals surface area contributed by atoms with Crippen LogP contribution in [0.2, 0.25) is 0 Å². The Morgan fingerprint density at radius 1 is 1.07 bits per heavy atom. The number of hydrogen-bond acceptors (Lipinski definition) is 6. The lowest BCUT2D eigenvalue weighted by Crippen LogP contribution is -2.29. The fourth-order valence-corrected chi connectivity index (χ4v) is 3.65. The zero-order valence-corrected chi connectivity index (χ0v) is 17.6.